The van der Waals surface area contributed by atoms with Gasteiger partial charge in [0.25, 0.3) is 10.0 Å². The Hall–Kier alpha value is -1.86. The minimum absolute atomic E-state index is 0.0645. The van der Waals surface area contributed by atoms with Gasteiger partial charge in [0.05, 0.1) is 5.69 Å². The summed E-state index contributed by atoms with van der Waals surface area (Å²) in [4.78, 5) is 0.0781. The molecule has 0 spiro atoms. The van der Waals surface area contributed by atoms with Gasteiger partial charge in [0.2, 0.25) is 0 Å². The van der Waals surface area contributed by atoms with Crippen LogP contribution >= 0.6 is 0 Å². The summed E-state index contributed by atoms with van der Waals surface area (Å²) in [6.07, 6.45) is 0. The van der Waals surface area contributed by atoms with Gasteiger partial charge >= 0.3 is 0 Å². The molecule has 0 saturated carbocycles. The lowest BCUT2D eigenvalue weighted by molar-refractivity contribution is 0.494. The molecule has 0 radical (unpaired) electrons. The largest absolute Gasteiger partial charge is 0.465 e. The number of furan rings is 1. The topological polar surface area (TPSA) is 76.5 Å². The van der Waals surface area contributed by atoms with Crippen LogP contribution in [-0.4, -0.2) is 15.5 Å². The summed E-state index contributed by atoms with van der Waals surface area (Å²) in [6, 6.07) is 5.21. The second-order valence-electron chi connectivity index (χ2n) is 4.68. The van der Waals surface area contributed by atoms with Crippen LogP contribution in [-0.2, 0) is 16.6 Å². The average molecular weight is 312 g/mol. The van der Waals surface area contributed by atoms with E-state index in [-0.39, 0.29) is 11.4 Å². The van der Waals surface area contributed by atoms with Crippen molar-refractivity contribution in [1.82, 2.24) is 0 Å². The molecule has 0 aliphatic rings. The van der Waals surface area contributed by atoms with E-state index in [1.165, 1.54) is 31.3 Å². The Kier molecular flexibility index (Phi) is 4.06. The van der Waals surface area contributed by atoms with Crippen molar-refractivity contribution in [2.45, 2.75) is 25.3 Å². The van der Waals surface area contributed by atoms with Crippen LogP contribution in [0.1, 0.15) is 17.1 Å². The van der Waals surface area contributed by atoms with Crippen molar-refractivity contribution < 1.29 is 17.2 Å². The van der Waals surface area contributed by atoms with Gasteiger partial charge in [-0.2, -0.15) is 0 Å². The number of halogens is 1. The summed E-state index contributed by atoms with van der Waals surface area (Å²) in [6.45, 7) is 3.32. The summed E-state index contributed by atoms with van der Waals surface area (Å²) >= 11 is 0. The third-order valence-corrected chi connectivity index (χ3v) is 5.32. The van der Waals surface area contributed by atoms with Crippen molar-refractivity contribution in [1.29, 1.82) is 0 Å². The number of anilines is 1. The lowest BCUT2D eigenvalue weighted by atomic mass is 10.2. The average Bonchev–Trinajstić information content (AvgIpc) is 2.73. The van der Waals surface area contributed by atoms with Gasteiger partial charge in [-0.3, -0.25) is 4.31 Å². The minimum Gasteiger partial charge on any atom is -0.465 e. The molecule has 2 aromatic rings. The molecular weight excluding hydrogens is 295 g/mol. The number of aryl methyl sites for hydroxylation is 2. The first kappa shape index (κ1) is 15.5. The molecule has 0 atom stereocenters. The first-order valence-corrected chi connectivity index (χ1v) is 7.76. The van der Waals surface area contributed by atoms with Gasteiger partial charge in [-0.15, -0.1) is 0 Å². The van der Waals surface area contributed by atoms with E-state index in [0.29, 0.717) is 22.8 Å². The van der Waals surface area contributed by atoms with Gasteiger partial charge in [-0.1, -0.05) is 0 Å². The summed E-state index contributed by atoms with van der Waals surface area (Å²) in [5.74, 6) is 0.352. The van der Waals surface area contributed by atoms with E-state index >= 15 is 0 Å². The molecule has 0 unspecified atom stereocenters. The second kappa shape index (κ2) is 5.50. The number of hydrogen-bond acceptors (Lipinski definition) is 4. The quantitative estimate of drug-likeness (QED) is 0.940. The number of rotatable bonds is 4. The van der Waals surface area contributed by atoms with E-state index in [4.69, 9.17) is 10.2 Å². The molecule has 2 rings (SSSR count). The Labute approximate surface area is 123 Å². The number of nitrogens with zero attached hydrogens (tertiary/aromatic N) is 1. The van der Waals surface area contributed by atoms with Crippen LogP contribution in [0.2, 0.25) is 0 Å². The van der Waals surface area contributed by atoms with Crippen molar-refractivity contribution >= 4 is 15.7 Å². The van der Waals surface area contributed by atoms with Gasteiger partial charge in [-0.25, -0.2) is 12.8 Å². The molecule has 0 aliphatic carbocycles. The van der Waals surface area contributed by atoms with Crippen LogP contribution in [0.5, 0.6) is 0 Å². The molecule has 2 N–H and O–H groups in total. The number of hydrogen-bond donors (Lipinski definition) is 1. The Bertz CT molecular complexity index is 751. The maximum absolute atomic E-state index is 13.0. The molecular formula is C14H17FN2O3S. The molecule has 0 amide bonds. The zero-order chi connectivity index (χ0) is 15.8. The molecule has 1 aromatic carbocycles. The number of benzene rings is 1. The van der Waals surface area contributed by atoms with Gasteiger partial charge < -0.3 is 10.2 Å². The monoisotopic (exact) mass is 312 g/mol. The van der Waals surface area contributed by atoms with E-state index in [2.05, 4.69) is 0 Å². The van der Waals surface area contributed by atoms with Crippen molar-refractivity contribution in [3.63, 3.8) is 0 Å². The minimum atomic E-state index is -3.82. The maximum Gasteiger partial charge on any atom is 0.267 e. The molecule has 7 heteroatoms. The fraction of sp³-hybridized carbons (Fsp3) is 0.286. The Balaban J connectivity index is 2.54. The van der Waals surface area contributed by atoms with Crippen LogP contribution in [0, 0.1) is 19.7 Å². The lowest BCUT2D eigenvalue weighted by Gasteiger charge is -2.19. The highest BCUT2D eigenvalue weighted by Crippen LogP contribution is 2.30. The molecule has 21 heavy (non-hydrogen) atoms. The van der Waals surface area contributed by atoms with E-state index < -0.39 is 15.8 Å². The Morgan fingerprint density at radius 2 is 1.76 bits per heavy atom. The predicted octanol–water partition coefficient (Wildman–Crippen LogP) is 2.32. The molecule has 114 valence electrons. The van der Waals surface area contributed by atoms with Gasteiger partial charge in [0.15, 0.2) is 0 Å². The zero-order valence-corrected chi connectivity index (χ0v) is 12.9. The molecule has 5 nitrogen and oxygen atoms in total. The number of nitrogens with two attached hydrogens (primary N) is 1. The fourth-order valence-corrected chi connectivity index (χ4v) is 3.83. The summed E-state index contributed by atoms with van der Waals surface area (Å²) in [5.41, 5.74) is 6.45. The molecule has 0 bridgehead atoms. The van der Waals surface area contributed by atoms with Crippen LogP contribution in [0.15, 0.2) is 33.6 Å². The van der Waals surface area contributed by atoms with Gasteiger partial charge in [-0.05, 0) is 38.1 Å². The first-order valence-electron chi connectivity index (χ1n) is 6.32. The standard InChI is InChI=1S/C14H17FN2O3S/c1-9-13(8-16)14(10(2)20-9)21(18,19)17(3)12-6-4-11(15)5-7-12/h4-7H,8,16H2,1-3H3. The second-order valence-corrected chi connectivity index (χ2v) is 6.58. The van der Waals surface area contributed by atoms with Crippen molar-refractivity contribution in [3.05, 3.63) is 47.2 Å². The summed E-state index contributed by atoms with van der Waals surface area (Å²) in [5, 5.41) is 0. The third kappa shape index (κ3) is 2.66. The van der Waals surface area contributed by atoms with E-state index in [1.54, 1.807) is 13.8 Å². The van der Waals surface area contributed by atoms with E-state index in [9.17, 15) is 12.8 Å². The Morgan fingerprint density at radius 1 is 1.19 bits per heavy atom. The SMILES string of the molecule is Cc1oc(C)c(S(=O)(=O)N(C)c2ccc(F)cc2)c1CN. The molecule has 1 heterocycles. The van der Waals surface area contributed by atoms with Crippen LogP contribution in [0.4, 0.5) is 10.1 Å². The molecule has 0 aliphatic heterocycles. The van der Waals surface area contributed by atoms with Gasteiger partial charge in [0.1, 0.15) is 22.2 Å². The molecule has 1 aromatic heterocycles. The fourth-order valence-electron chi connectivity index (χ4n) is 2.21. The third-order valence-electron chi connectivity index (χ3n) is 3.34. The smallest absolute Gasteiger partial charge is 0.267 e. The van der Waals surface area contributed by atoms with Crippen molar-refractivity contribution in [3.8, 4) is 0 Å². The summed E-state index contributed by atoms with van der Waals surface area (Å²) < 4.78 is 44.9. The molecule has 0 saturated heterocycles. The van der Waals surface area contributed by atoms with Gasteiger partial charge in [0, 0.05) is 19.2 Å². The highest BCUT2D eigenvalue weighted by Gasteiger charge is 2.30. The lowest BCUT2D eigenvalue weighted by Crippen LogP contribution is -2.28. The van der Waals surface area contributed by atoms with Crippen LogP contribution in [0.3, 0.4) is 0 Å². The van der Waals surface area contributed by atoms with Crippen LogP contribution < -0.4 is 10.0 Å². The zero-order valence-electron chi connectivity index (χ0n) is 12.1. The maximum atomic E-state index is 13.0. The summed E-state index contributed by atoms with van der Waals surface area (Å²) in [7, 11) is -2.41. The molecule has 0 fully saturated rings. The van der Waals surface area contributed by atoms with Crippen molar-refractivity contribution in [2.75, 3.05) is 11.4 Å². The predicted molar refractivity (Wildman–Crippen MR) is 78.1 cm³/mol. The van der Waals surface area contributed by atoms with E-state index in [1.807, 2.05) is 0 Å². The highest BCUT2D eigenvalue weighted by molar-refractivity contribution is 7.92. The first-order chi connectivity index (χ1) is 9.78. The van der Waals surface area contributed by atoms with Crippen molar-refractivity contribution in [2.24, 2.45) is 5.73 Å². The van der Waals surface area contributed by atoms with E-state index in [0.717, 1.165) is 4.31 Å². The number of sulfonamides is 1. The normalized spacial score (nSPS) is 11.7. The highest BCUT2D eigenvalue weighted by atomic mass is 32.2. The Morgan fingerprint density at radius 3 is 2.29 bits per heavy atom. The van der Waals surface area contributed by atoms with Crippen LogP contribution in [0.25, 0.3) is 0 Å².